The van der Waals surface area contributed by atoms with Crippen molar-refractivity contribution in [2.45, 2.75) is 46.1 Å². The summed E-state index contributed by atoms with van der Waals surface area (Å²) in [4.78, 5) is 12.0. The molecule has 0 rings (SSSR count). The van der Waals surface area contributed by atoms with Gasteiger partial charge in [-0.1, -0.05) is 20.8 Å². The molecule has 0 aromatic rings. The van der Waals surface area contributed by atoms with Crippen LogP contribution < -0.4 is 11.1 Å². The van der Waals surface area contributed by atoms with Gasteiger partial charge in [0.05, 0.1) is 18.1 Å². The summed E-state index contributed by atoms with van der Waals surface area (Å²) in [7, 11) is 0. The molecule has 0 aromatic heterocycles. The number of carbonyl (C=O) groups excluding carboxylic acids is 1. The number of aliphatic hydroxyl groups excluding tert-OH is 1. The maximum absolute atomic E-state index is 12.0. The molecule has 0 bridgehead atoms. The molecule has 0 aliphatic heterocycles. The maximum atomic E-state index is 12.0. The number of rotatable bonds is 7. The summed E-state index contributed by atoms with van der Waals surface area (Å²) < 4.78 is 0. The lowest BCUT2D eigenvalue weighted by Gasteiger charge is -2.30. The minimum Gasteiger partial charge on any atom is -0.394 e. The number of nitrogens with one attached hydrogen (secondary N) is 1. The first-order valence-corrected chi connectivity index (χ1v) is 5.72. The molecular formula is C11H24N2O2. The quantitative estimate of drug-likeness (QED) is 0.584. The topological polar surface area (TPSA) is 75.3 Å². The number of carbonyl (C=O) groups is 1. The van der Waals surface area contributed by atoms with Gasteiger partial charge in [0, 0.05) is 6.54 Å². The molecule has 1 amide bonds. The fraction of sp³-hybridized carbons (Fsp3) is 0.909. The zero-order valence-corrected chi connectivity index (χ0v) is 10.0. The standard InChI is InChI=1S/C11H24N2O2/c1-4-9(7-14)13-10(15)11(5-2,6-3)8-12/h9,14H,4-8,12H2,1-3H3,(H,13,15)/t9-/m0/s1. The number of amides is 1. The van der Waals surface area contributed by atoms with Gasteiger partial charge in [-0.2, -0.15) is 0 Å². The minimum atomic E-state index is -0.470. The smallest absolute Gasteiger partial charge is 0.227 e. The van der Waals surface area contributed by atoms with E-state index in [1.54, 1.807) is 0 Å². The Labute approximate surface area is 92.2 Å². The number of aliphatic hydroxyl groups is 1. The molecular weight excluding hydrogens is 192 g/mol. The molecule has 0 spiro atoms. The van der Waals surface area contributed by atoms with Gasteiger partial charge in [-0.3, -0.25) is 4.79 Å². The SMILES string of the molecule is CC[C@@H](CO)NC(=O)C(CC)(CC)CN. The molecule has 0 saturated heterocycles. The predicted octanol–water partition coefficient (Wildman–Crippen LogP) is 0.639. The molecule has 0 fully saturated rings. The molecule has 15 heavy (non-hydrogen) atoms. The minimum absolute atomic E-state index is 0.0175. The molecule has 0 saturated carbocycles. The Morgan fingerprint density at radius 1 is 1.40 bits per heavy atom. The molecule has 0 aliphatic carbocycles. The molecule has 4 N–H and O–H groups in total. The van der Waals surface area contributed by atoms with Crippen molar-refractivity contribution in [1.82, 2.24) is 5.32 Å². The number of nitrogens with two attached hydrogens (primary N) is 1. The van der Waals surface area contributed by atoms with Crippen LogP contribution in [-0.4, -0.2) is 30.2 Å². The van der Waals surface area contributed by atoms with Gasteiger partial charge in [0.25, 0.3) is 0 Å². The van der Waals surface area contributed by atoms with E-state index in [9.17, 15) is 4.79 Å². The van der Waals surface area contributed by atoms with Gasteiger partial charge in [0.2, 0.25) is 5.91 Å². The van der Waals surface area contributed by atoms with E-state index < -0.39 is 5.41 Å². The Balaban J connectivity index is 4.51. The van der Waals surface area contributed by atoms with Crippen LogP contribution in [0, 0.1) is 5.41 Å². The summed E-state index contributed by atoms with van der Waals surface area (Å²) in [6.45, 7) is 6.21. The van der Waals surface area contributed by atoms with Crippen LogP contribution in [0.5, 0.6) is 0 Å². The van der Waals surface area contributed by atoms with Crippen LogP contribution in [0.4, 0.5) is 0 Å². The summed E-state index contributed by atoms with van der Waals surface area (Å²) in [6, 6.07) is -0.151. The lowest BCUT2D eigenvalue weighted by atomic mass is 9.81. The molecule has 0 radical (unpaired) electrons. The first-order chi connectivity index (χ1) is 7.10. The van der Waals surface area contributed by atoms with Gasteiger partial charge >= 0.3 is 0 Å². The van der Waals surface area contributed by atoms with Gasteiger partial charge < -0.3 is 16.2 Å². The summed E-state index contributed by atoms with van der Waals surface area (Å²) in [5, 5.41) is 11.9. The van der Waals surface area contributed by atoms with E-state index in [2.05, 4.69) is 5.32 Å². The zero-order chi connectivity index (χ0) is 11.9. The Morgan fingerprint density at radius 3 is 2.20 bits per heavy atom. The van der Waals surface area contributed by atoms with Crippen LogP contribution in [0.25, 0.3) is 0 Å². The molecule has 0 unspecified atom stereocenters. The lowest BCUT2D eigenvalue weighted by molar-refractivity contribution is -0.132. The van der Waals surface area contributed by atoms with Crippen LogP contribution in [0.3, 0.4) is 0 Å². The Hall–Kier alpha value is -0.610. The average Bonchev–Trinajstić information content (AvgIpc) is 2.29. The Kier molecular flexibility index (Phi) is 6.52. The number of hydrogen-bond donors (Lipinski definition) is 3. The van der Waals surface area contributed by atoms with Gasteiger partial charge in [-0.05, 0) is 19.3 Å². The Morgan fingerprint density at radius 2 is 1.93 bits per heavy atom. The van der Waals surface area contributed by atoms with Crippen molar-refractivity contribution in [3.8, 4) is 0 Å². The van der Waals surface area contributed by atoms with E-state index in [0.717, 1.165) is 19.3 Å². The van der Waals surface area contributed by atoms with E-state index >= 15 is 0 Å². The highest BCUT2D eigenvalue weighted by atomic mass is 16.3. The monoisotopic (exact) mass is 216 g/mol. The zero-order valence-electron chi connectivity index (χ0n) is 10.0. The Bertz CT molecular complexity index is 179. The van der Waals surface area contributed by atoms with Gasteiger partial charge in [0.1, 0.15) is 0 Å². The van der Waals surface area contributed by atoms with Crippen LogP contribution in [0.2, 0.25) is 0 Å². The van der Waals surface area contributed by atoms with Crippen molar-refractivity contribution in [3.63, 3.8) is 0 Å². The lowest BCUT2D eigenvalue weighted by Crippen LogP contribution is -2.49. The summed E-state index contributed by atoms with van der Waals surface area (Å²) in [5.74, 6) is -0.0316. The fourth-order valence-corrected chi connectivity index (χ4v) is 1.57. The molecule has 0 aliphatic rings. The largest absolute Gasteiger partial charge is 0.394 e. The summed E-state index contributed by atoms with van der Waals surface area (Å²) in [6.07, 6.45) is 2.19. The van der Waals surface area contributed by atoms with Crippen molar-refractivity contribution in [2.75, 3.05) is 13.2 Å². The highest BCUT2D eigenvalue weighted by molar-refractivity contribution is 5.83. The normalized spacial score (nSPS) is 13.7. The van der Waals surface area contributed by atoms with Gasteiger partial charge in [-0.25, -0.2) is 0 Å². The summed E-state index contributed by atoms with van der Waals surface area (Å²) in [5.41, 5.74) is 5.20. The van der Waals surface area contributed by atoms with E-state index in [0.29, 0.717) is 6.54 Å². The van der Waals surface area contributed by atoms with Crippen LogP contribution >= 0.6 is 0 Å². The highest BCUT2D eigenvalue weighted by Crippen LogP contribution is 2.25. The average molecular weight is 216 g/mol. The molecule has 4 nitrogen and oxygen atoms in total. The van der Waals surface area contributed by atoms with Gasteiger partial charge in [-0.15, -0.1) is 0 Å². The third-order valence-electron chi connectivity index (χ3n) is 3.27. The fourth-order valence-electron chi connectivity index (χ4n) is 1.57. The van der Waals surface area contributed by atoms with Crippen molar-refractivity contribution >= 4 is 5.91 Å². The van der Waals surface area contributed by atoms with E-state index in [-0.39, 0.29) is 18.6 Å². The third-order valence-corrected chi connectivity index (χ3v) is 3.27. The predicted molar refractivity (Wildman–Crippen MR) is 61.4 cm³/mol. The second-order valence-corrected chi connectivity index (χ2v) is 3.95. The highest BCUT2D eigenvalue weighted by Gasteiger charge is 2.33. The second-order valence-electron chi connectivity index (χ2n) is 3.95. The summed E-state index contributed by atoms with van der Waals surface area (Å²) >= 11 is 0. The van der Waals surface area contributed by atoms with Crippen LogP contribution in [-0.2, 0) is 4.79 Å². The van der Waals surface area contributed by atoms with Crippen molar-refractivity contribution < 1.29 is 9.90 Å². The van der Waals surface area contributed by atoms with E-state index in [1.165, 1.54) is 0 Å². The van der Waals surface area contributed by atoms with E-state index in [4.69, 9.17) is 10.8 Å². The number of hydrogen-bond acceptors (Lipinski definition) is 3. The van der Waals surface area contributed by atoms with E-state index in [1.807, 2.05) is 20.8 Å². The third kappa shape index (κ3) is 3.47. The van der Waals surface area contributed by atoms with Crippen molar-refractivity contribution in [2.24, 2.45) is 11.1 Å². The molecule has 0 heterocycles. The molecule has 4 heteroatoms. The molecule has 90 valence electrons. The molecule has 1 atom stereocenters. The van der Waals surface area contributed by atoms with Crippen LogP contribution in [0.15, 0.2) is 0 Å². The van der Waals surface area contributed by atoms with Crippen LogP contribution in [0.1, 0.15) is 40.0 Å². The molecule has 0 aromatic carbocycles. The first kappa shape index (κ1) is 14.4. The first-order valence-electron chi connectivity index (χ1n) is 5.72. The van der Waals surface area contributed by atoms with Crippen molar-refractivity contribution in [1.29, 1.82) is 0 Å². The second kappa shape index (κ2) is 6.80. The maximum Gasteiger partial charge on any atom is 0.227 e. The van der Waals surface area contributed by atoms with Gasteiger partial charge in [0.15, 0.2) is 0 Å². The van der Waals surface area contributed by atoms with Crippen molar-refractivity contribution in [3.05, 3.63) is 0 Å².